The molecule has 17 heavy (non-hydrogen) atoms. The highest BCUT2D eigenvalue weighted by molar-refractivity contribution is 9.10. The molecule has 0 saturated heterocycles. The van der Waals surface area contributed by atoms with Crippen molar-refractivity contribution in [1.29, 1.82) is 0 Å². The van der Waals surface area contributed by atoms with Gasteiger partial charge in [-0.2, -0.15) is 0 Å². The highest BCUT2D eigenvalue weighted by atomic mass is 79.9. The van der Waals surface area contributed by atoms with Gasteiger partial charge in [0.25, 0.3) is 0 Å². The molecule has 0 aliphatic rings. The number of rotatable bonds is 6. The number of methoxy groups -OCH3 is 1. The van der Waals surface area contributed by atoms with Crippen LogP contribution in [-0.4, -0.2) is 23.7 Å². The maximum absolute atomic E-state index is 5.62. The minimum atomic E-state index is -0.288. The molecule has 2 unspecified atom stereocenters. The zero-order chi connectivity index (χ0) is 12.9. The predicted molar refractivity (Wildman–Crippen MR) is 72.5 cm³/mol. The lowest BCUT2D eigenvalue weighted by Crippen LogP contribution is -2.53. The van der Waals surface area contributed by atoms with Crippen LogP contribution in [0.4, 0.5) is 0 Å². The van der Waals surface area contributed by atoms with E-state index in [-0.39, 0.29) is 11.6 Å². The summed E-state index contributed by atoms with van der Waals surface area (Å²) in [6.07, 6.45) is 3.41. The second-order valence-corrected chi connectivity index (χ2v) is 5.18. The van der Waals surface area contributed by atoms with E-state index in [4.69, 9.17) is 10.6 Å². The molecule has 5 heteroatoms. The van der Waals surface area contributed by atoms with Crippen LogP contribution in [0.3, 0.4) is 0 Å². The molecule has 0 saturated carbocycles. The summed E-state index contributed by atoms with van der Waals surface area (Å²) >= 11 is 3.37. The molecule has 3 N–H and O–H groups in total. The summed E-state index contributed by atoms with van der Waals surface area (Å²) in [6, 6.07) is 4.00. The lowest BCUT2D eigenvalue weighted by molar-refractivity contribution is -0.0290. The third-order valence-electron chi connectivity index (χ3n) is 3.31. The molecule has 4 nitrogen and oxygen atoms in total. The molecule has 1 aromatic heterocycles. The SMILES string of the molecule is CCC(C)(OC)C(Cc1ccc(Br)cn1)NN. The largest absolute Gasteiger partial charge is 0.377 e. The first kappa shape index (κ1) is 14.6. The van der Waals surface area contributed by atoms with Gasteiger partial charge in [0.05, 0.1) is 11.6 Å². The van der Waals surface area contributed by atoms with E-state index in [9.17, 15) is 0 Å². The number of nitrogens with zero attached hydrogens (tertiary/aromatic N) is 1. The second-order valence-electron chi connectivity index (χ2n) is 4.26. The van der Waals surface area contributed by atoms with E-state index >= 15 is 0 Å². The number of pyridine rings is 1. The first-order valence-electron chi connectivity index (χ1n) is 5.67. The normalized spacial score (nSPS) is 16.5. The van der Waals surface area contributed by atoms with E-state index in [0.717, 1.165) is 23.0 Å². The third kappa shape index (κ3) is 3.74. The Balaban J connectivity index is 2.79. The zero-order valence-corrected chi connectivity index (χ0v) is 12.1. The molecule has 0 spiro atoms. The molecule has 0 aliphatic heterocycles. The van der Waals surface area contributed by atoms with Crippen molar-refractivity contribution in [3.8, 4) is 0 Å². The van der Waals surface area contributed by atoms with Crippen molar-refractivity contribution >= 4 is 15.9 Å². The Labute approximate surface area is 111 Å². The molecule has 1 rings (SSSR count). The van der Waals surface area contributed by atoms with Crippen LogP contribution in [-0.2, 0) is 11.2 Å². The van der Waals surface area contributed by atoms with E-state index in [1.807, 2.05) is 12.1 Å². The molecule has 2 atom stereocenters. The third-order valence-corrected chi connectivity index (χ3v) is 3.78. The van der Waals surface area contributed by atoms with Crippen molar-refractivity contribution < 1.29 is 4.74 Å². The van der Waals surface area contributed by atoms with Gasteiger partial charge < -0.3 is 4.74 Å². The average Bonchev–Trinajstić information content (AvgIpc) is 2.37. The van der Waals surface area contributed by atoms with Gasteiger partial charge in [-0.15, -0.1) is 0 Å². The summed E-state index contributed by atoms with van der Waals surface area (Å²) in [5, 5.41) is 0. The predicted octanol–water partition coefficient (Wildman–Crippen LogP) is 2.03. The molecule has 0 bridgehead atoms. The number of nitrogens with one attached hydrogen (secondary N) is 1. The number of halogens is 1. The Bertz CT molecular complexity index is 338. The first-order chi connectivity index (χ1) is 8.05. The van der Waals surface area contributed by atoms with E-state index in [2.05, 4.69) is 40.2 Å². The van der Waals surface area contributed by atoms with Crippen molar-refractivity contribution in [3.05, 3.63) is 28.5 Å². The van der Waals surface area contributed by atoms with Crippen molar-refractivity contribution in [3.63, 3.8) is 0 Å². The fraction of sp³-hybridized carbons (Fsp3) is 0.583. The lowest BCUT2D eigenvalue weighted by atomic mass is 9.90. The van der Waals surface area contributed by atoms with Gasteiger partial charge in [-0.3, -0.25) is 16.3 Å². The summed E-state index contributed by atoms with van der Waals surface area (Å²) in [5.74, 6) is 5.62. The molecule has 0 fully saturated rings. The lowest BCUT2D eigenvalue weighted by Gasteiger charge is -2.35. The van der Waals surface area contributed by atoms with E-state index < -0.39 is 0 Å². The number of nitrogens with two attached hydrogens (primary N) is 1. The van der Waals surface area contributed by atoms with Crippen LogP contribution in [0.5, 0.6) is 0 Å². The quantitative estimate of drug-likeness (QED) is 0.623. The average molecular weight is 302 g/mol. The molecule has 0 amide bonds. The fourth-order valence-corrected chi connectivity index (χ4v) is 1.95. The number of hydrogen-bond acceptors (Lipinski definition) is 4. The Hall–Kier alpha value is -0.490. The summed E-state index contributed by atoms with van der Waals surface area (Å²) in [4.78, 5) is 4.35. The van der Waals surface area contributed by atoms with E-state index in [1.54, 1.807) is 13.3 Å². The van der Waals surface area contributed by atoms with Gasteiger partial charge in [-0.05, 0) is 41.4 Å². The van der Waals surface area contributed by atoms with Gasteiger partial charge in [0.1, 0.15) is 0 Å². The number of hydrazine groups is 1. The van der Waals surface area contributed by atoms with Gasteiger partial charge in [-0.1, -0.05) is 6.92 Å². The van der Waals surface area contributed by atoms with Crippen molar-refractivity contribution in [2.24, 2.45) is 5.84 Å². The fourth-order valence-electron chi connectivity index (χ4n) is 1.72. The Morgan fingerprint density at radius 1 is 1.59 bits per heavy atom. The van der Waals surface area contributed by atoms with E-state index in [0.29, 0.717) is 0 Å². The van der Waals surface area contributed by atoms with Crippen LogP contribution < -0.4 is 11.3 Å². The zero-order valence-electron chi connectivity index (χ0n) is 10.5. The molecular formula is C12H20BrN3O. The molecule has 0 aliphatic carbocycles. The van der Waals surface area contributed by atoms with Crippen molar-refractivity contribution in [1.82, 2.24) is 10.4 Å². The van der Waals surface area contributed by atoms with Crippen molar-refractivity contribution in [2.45, 2.75) is 38.3 Å². The maximum atomic E-state index is 5.62. The van der Waals surface area contributed by atoms with Gasteiger partial charge in [-0.25, -0.2) is 0 Å². The Morgan fingerprint density at radius 2 is 2.29 bits per heavy atom. The maximum Gasteiger partial charge on any atom is 0.0817 e. The van der Waals surface area contributed by atoms with Gasteiger partial charge >= 0.3 is 0 Å². The summed E-state index contributed by atoms with van der Waals surface area (Å²) < 4.78 is 6.53. The van der Waals surface area contributed by atoms with Gasteiger partial charge in [0, 0.05) is 29.9 Å². The van der Waals surface area contributed by atoms with Crippen LogP contribution in [0.1, 0.15) is 26.0 Å². The number of hydrogen-bond donors (Lipinski definition) is 2. The molecule has 1 aromatic rings. The highest BCUT2D eigenvalue weighted by Gasteiger charge is 2.32. The van der Waals surface area contributed by atoms with Crippen LogP contribution >= 0.6 is 15.9 Å². The standard InChI is InChI=1S/C12H20BrN3O/c1-4-12(2,17-3)11(16-14)7-10-6-5-9(13)8-15-10/h5-6,8,11,16H,4,7,14H2,1-3H3. The summed E-state index contributed by atoms with van der Waals surface area (Å²) in [5.41, 5.74) is 3.54. The number of ether oxygens (including phenoxy) is 1. The smallest absolute Gasteiger partial charge is 0.0817 e. The minimum absolute atomic E-state index is 0.0335. The minimum Gasteiger partial charge on any atom is -0.377 e. The van der Waals surface area contributed by atoms with Gasteiger partial charge in [0.2, 0.25) is 0 Å². The monoisotopic (exact) mass is 301 g/mol. The molecule has 0 radical (unpaired) electrons. The second kappa shape index (κ2) is 6.44. The van der Waals surface area contributed by atoms with Crippen molar-refractivity contribution in [2.75, 3.05) is 7.11 Å². The highest BCUT2D eigenvalue weighted by Crippen LogP contribution is 2.21. The Kier molecular flexibility index (Phi) is 5.52. The number of aromatic nitrogens is 1. The molecular weight excluding hydrogens is 282 g/mol. The van der Waals surface area contributed by atoms with E-state index in [1.165, 1.54) is 0 Å². The summed E-state index contributed by atoms with van der Waals surface area (Å²) in [6.45, 7) is 4.14. The molecule has 96 valence electrons. The van der Waals surface area contributed by atoms with Gasteiger partial charge in [0.15, 0.2) is 0 Å². The van der Waals surface area contributed by atoms with Crippen LogP contribution in [0.2, 0.25) is 0 Å². The summed E-state index contributed by atoms with van der Waals surface area (Å²) in [7, 11) is 1.71. The topological polar surface area (TPSA) is 60.2 Å². The van der Waals surface area contributed by atoms with Crippen LogP contribution in [0, 0.1) is 0 Å². The van der Waals surface area contributed by atoms with Crippen LogP contribution in [0.25, 0.3) is 0 Å². The first-order valence-corrected chi connectivity index (χ1v) is 6.46. The van der Waals surface area contributed by atoms with Crippen LogP contribution in [0.15, 0.2) is 22.8 Å². The Morgan fingerprint density at radius 3 is 2.71 bits per heavy atom. The molecule has 1 heterocycles. The molecule has 0 aromatic carbocycles.